The van der Waals surface area contributed by atoms with E-state index in [2.05, 4.69) is 0 Å². The van der Waals surface area contributed by atoms with Crippen LogP contribution in [0.25, 0.3) is 0 Å². The van der Waals surface area contributed by atoms with Gasteiger partial charge in [-0.25, -0.2) is 13.2 Å². The molecule has 138 valence electrons. The van der Waals surface area contributed by atoms with E-state index in [0.717, 1.165) is 0 Å². The number of carbonyl (C=O) groups is 1. The number of hydrogen-bond acceptors (Lipinski definition) is 3. The van der Waals surface area contributed by atoms with Gasteiger partial charge in [0.05, 0.1) is 6.54 Å². The van der Waals surface area contributed by atoms with Crippen LogP contribution in [-0.4, -0.2) is 78.9 Å². The number of rotatable bonds is 4. The quantitative estimate of drug-likeness (QED) is 0.829. The molecule has 2 aliphatic heterocycles. The summed E-state index contributed by atoms with van der Waals surface area (Å²) in [6.07, 6.45) is -0.140. The van der Waals surface area contributed by atoms with Gasteiger partial charge < -0.3 is 9.80 Å². The number of benzene rings is 1. The molecule has 2 saturated heterocycles. The maximum Gasteiger partial charge on any atom is 0.262 e. The predicted molar refractivity (Wildman–Crippen MR) is 89.4 cm³/mol. The minimum absolute atomic E-state index is 0.0578. The van der Waals surface area contributed by atoms with E-state index < -0.39 is 11.7 Å². The molecule has 0 saturated carbocycles. The summed E-state index contributed by atoms with van der Waals surface area (Å²) in [4.78, 5) is 17.8. The zero-order valence-electron chi connectivity index (χ0n) is 14.8. The van der Waals surface area contributed by atoms with Gasteiger partial charge in [0, 0.05) is 43.7 Å². The summed E-state index contributed by atoms with van der Waals surface area (Å²) in [6, 6.07) is 4.16. The van der Waals surface area contributed by atoms with Gasteiger partial charge in [0.15, 0.2) is 0 Å². The molecule has 3 rings (SSSR count). The van der Waals surface area contributed by atoms with E-state index in [1.165, 1.54) is 6.07 Å². The standard InChI is InChI=1S/C18H24F3N3O/c1-12-4-5-13(6-16(12)19)17(25)23-9-15(10-23)24-11-18(20,21)7-14(24)8-22(2)3/h4-6,14-15H,7-11H2,1-3H3/t14-/m0/s1. The Morgan fingerprint density at radius 1 is 1.32 bits per heavy atom. The number of amides is 1. The highest BCUT2D eigenvalue weighted by molar-refractivity contribution is 5.94. The van der Waals surface area contributed by atoms with E-state index in [1.807, 2.05) is 23.9 Å². The minimum Gasteiger partial charge on any atom is -0.335 e. The van der Waals surface area contributed by atoms with Crippen molar-refractivity contribution < 1.29 is 18.0 Å². The van der Waals surface area contributed by atoms with Crippen molar-refractivity contribution in [1.29, 1.82) is 0 Å². The van der Waals surface area contributed by atoms with Crippen LogP contribution in [0.3, 0.4) is 0 Å². The van der Waals surface area contributed by atoms with Crippen LogP contribution >= 0.6 is 0 Å². The number of likely N-dealkylation sites (N-methyl/N-ethyl adjacent to an activating group) is 1. The molecule has 1 aromatic carbocycles. The normalized spacial score (nSPS) is 24.0. The van der Waals surface area contributed by atoms with Gasteiger partial charge >= 0.3 is 0 Å². The lowest BCUT2D eigenvalue weighted by atomic mass is 10.0. The summed E-state index contributed by atoms with van der Waals surface area (Å²) in [7, 11) is 3.74. The first-order chi connectivity index (χ1) is 11.7. The van der Waals surface area contributed by atoms with Gasteiger partial charge in [-0.15, -0.1) is 0 Å². The molecule has 0 aromatic heterocycles. The largest absolute Gasteiger partial charge is 0.335 e. The van der Waals surface area contributed by atoms with Gasteiger partial charge in [0.25, 0.3) is 11.8 Å². The highest BCUT2D eigenvalue weighted by Crippen LogP contribution is 2.35. The number of aryl methyl sites for hydroxylation is 1. The molecule has 2 fully saturated rings. The molecular formula is C18H24F3N3O. The molecule has 0 radical (unpaired) electrons. The average molecular weight is 355 g/mol. The van der Waals surface area contributed by atoms with Gasteiger partial charge in [-0.05, 0) is 38.7 Å². The monoisotopic (exact) mass is 355 g/mol. The number of likely N-dealkylation sites (tertiary alicyclic amines) is 2. The molecule has 2 aliphatic rings. The van der Waals surface area contributed by atoms with E-state index in [-0.39, 0.29) is 31.0 Å². The first-order valence-electron chi connectivity index (χ1n) is 8.50. The fourth-order valence-corrected chi connectivity index (χ4v) is 3.68. The summed E-state index contributed by atoms with van der Waals surface area (Å²) < 4.78 is 41.3. The molecule has 7 heteroatoms. The smallest absolute Gasteiger partial charge is 0.262 e. The molecule has 0 N–H and O–H groups in total. The van der Waals surface area contributed by atoms with E-state index in [0.29, 0.717) is 30.8 Å². The summed E-state index contributed by atoms with van der Waals surface area (Å²) >= 11 is 0. The third-order valence-electron chi connectivity index (χ3n) is 5.03. The molecule has 25 heavy (non-hydrogen) atoms. The van der Waals surface area contributed by atoms with Gasteiger partial charge in [-0.1, -0.05) is 6.07 Å². The van der Waals surface area contributed by atoms with Gasteiger partial charge in [-0.3, -0.25) is 9.69 Å². The second kappa shape index (κ2) is 6.61. The summed E-state index contributed by atoms with van der Waals surface area (Å²) in [6.45, 7) is 2.78. The van der Waals surface area contributed by atoms with Crippen LogP contribution in [0.5, 0.6) is 0 Å². The predicted octanol–water partition coefficient (Wildman–Crippen LogP) is 2.23. The van der Waals surface area contributed by atoms with Crippen molar-refractivity contribution in [2.45, 2.75) is 31.4 Å². The molecule has 0 unspecified atom stereocenters. The van der Waals surface area contributed by atoms with E-state index in [9.17, 15) is 18.0 Å². The lowest BCUT2D eigenvalue weighted by molar-refractivity contribution is -0.0115. The molecular weight excluding hydrogens is 331 g/mol. The third kappa shape index (κ3) is 3.82. The van der Waals surface area contributed by atoms with Crippen LogP contribution in [0, 0.1) is 12.7 Å². The fourth-order valence-electron chi connectivity index (χ4n) is 3.68. The van der Waals surface area contributed by atoms with Crippen LogP contribution in [0.2, 0.25) is 0 Å². The van der Waals surface area contributed by atoms with Gasteiger partial charge in [0.1, 0.15) is 5.82 Å². The van der Waals surface area contributed by atoms with E-state index >= 15 is 0 Å². The number of alkyl halides is 2. The van der Waals surface area contributed by atoms with Crippen LogP contribution < -0.4 is 0 Å². The Kier molecular flexibility index (Phi) is 4.81. The number of carbonyl (C=O) groups excluding carboxylic acids is 1. The van der Waals surface area contributed by atoms with Crippen LogP contribution in [0.15, 0.2) is 18.2 Å². The lowest BCUT2D eigenvalue weighted by Gasteiger charge is -2.46. The van der Waals surface area contributed by atoms with Crippen molar-refractivity contribution in [2.75, 3.05) is 40.3 Å². The number of halogens is 3. The van der Waals surface area contributed by atoms with E-state index in [1.54, 1.807) is 24.0 Å². The van der Waals surface area contributed by atoms with Crippen molar-refractivity contribution in [3.63, 3.8) is 0 Å². The Bertz CT molecular complexity index is 659. The van der Waals surface area contributed by atoms with Crippen molar-refractivity contribution in [1.82, 2.24) is 14.7 Å². The maximum absolute atomic E-state index is 13.8. The molecule has 1 amide bonds. The molecule has 0 spiro atoms. The van der Waals surface area contributed by atoms with Crippen LogP contribution in [0.4, 0.5) is 13.2 Å². The van der Waals surface area contributed by atoms with Crippen LogP contribution in [-0.2, 0) is 0 Å². The molecule has 2 heterocycles. The SMILES string of the molecule is Cc1ccc(C(=O)N2CC(N3CC(F)(F)C[C@H]3CN(C)C)C2)cc1F. The van der Waals surface area contributed by atoms with Crippen LogP contribution in [0.1, 0.15) is 22.3 Å². The summed E-state index contributed by atoms with van der Waals surface area (Å²) in [5.74, 6) is -3.33. The number of nitrogens with zero attached hydrogens (tertiary/aromatic N) is 3. The van der Waals surface area contributed by atoms with Crippen molar-refractivity contribution in [2.24, 2.45) is 0 Å². The summed E-state index contributed by atoms with van der Waals surface area (Å²) in [5, 5.41) is 0. The van der Waals surface area contributed by atoms with Gasteiger partial charge in [0.2, 0.25) is 0 Å². The Balaban J connectivity index is 1.62. The average Bonchev–Trinajstić information content (AvgIpc) is 2.74. The molecule has 0 aliphatic carbocycles. The second-order valence-corrected chi connectivity index (χ2v) is 7.48. The maximum atomic E-state index is 13.8. The van der Waals surface area contributed by atoms with Gasteiger partial charge in [-0.2, -0.15) is 0 Å². The Hall–Kier alpha value is -1.60. The van der Waals surface area contributed by atoms with Crippen molar-refractivity contribution in [3.8, 4) is 0 Å². The first kappa shape index (κ1) is 18.2. The zero-order chi connectivity index (χ0) is 18.4. The molecule has 4 nitrogen and oxygen atoms in total. The number of hydrogen-bond donors (Lipinski definition) is 0. The summed E-state index contributed by atoms with van der Waals surface area (Å²) in [5.41, 5.74) is 0.794. The Labute approximate surface area is 146 Å². The highest BCUT2D eigenvalue weighted by Gasteiger charge is 2.50. The molecule has 1 aromatic rings. The topological polar surface area (TPSA) is 26.8 Å². The zero-order valence-corrected chi connectivity index (χ0v) is 14.8. The second-order valence-electron chi connectivity index (χ2n) is 7.48. The first-order valence-corrected chi connectivity index (χ1v) is 8.50. The highest BCUT2D eigenvalue weighted by atomic mass is 19.3. The minimum atomic E-state index is -2.68. The van der Waals surface area contributed by atoms with Crippen molar-refractivity contribution >= 4 is 5.91 Å². The Morgan fingerprint density at radius 2 is 2.00 bits per heavy atom. The lowest BCUT2D eigenvalue weighted by Crippen LogP contribution is -2.63. The van der Waals surface area contributed by atoms with Crippen molar-refractivity contribution in [3.05, 3.63) is 35.1 Å². The fraction of sp³-hybridized carbons (Fsp3) is 0.611. The van der Waals surface area contributed by atoms with E-state index in [4.69, 9.17) is 0 Å². The molecule has 1 atom stereocenters. The Morgan fingerprint density at radius 3 is 2.60 bits per heavy atom. The third-order valence-corrected chi connectivity index (χ3v) is 5.03. The molecule has 0 bridgehead atoms.